The molecule has 11 nitrogen and oxygen atoms in total. The van der Waals surface area contributed by atoms with Crippen molar-refractivity contribution in [2.45, 2.75) is 81.8 Å². The summed E-state index contributed by atoms with van der Waals surface area (Å²) in [7, 11) is 1.93. The molecule has 6 rings (SSSR count). The molecule has 1 aliphatic rings. The van der Waals surface area contributed by atoms with Gasteiger partial charge in [0.1, 0.15) is 6.33 Å². The Balaban J connectivity index is 1.00. The van der Waals surface area contributed by atoms with Crippen LogP contribution in [0.15, 0.2) is 109 Å². The summed E-state index contributed by atoms with van der Waals surface area (Å²) in [5.41, 5.74) is 13.0. The number of nitrogens with two attached hydrogens (primary N) is 1. The van der Waals surface area contributed by atoms with Gasteiger partial charge < -0.3 is 35.5 Å². The number of benzene rings is 4. The van der Waals surface area contributed by atoms with Gasteiger partial charge in [0.05, 0.1) is 30.2 Å². The van der Waals surface area contributed by atoms with Crippen molar-refractivity contribution in [3.63, 3.8) is 0 Å². The van der Waals surface area contributed by atoms with Gasteiger partial charge in [-0.05, 0) is 64.9 Å². The molecule has 5 N–H and O–H groups in total. The summed E-state index contributed by atoms with van der Waals surface area (Å²) >= 11 is 1.61. The highest BCUT2D eigenvalue weighted by Gasteiger charge is 2.32. The zero-order valence-electron chi connectivity index (χ0n) is 30.5. The molecule has 0 saturated carbocycles. The van der Waals surface area contributed by atoms with Crippen molar-refractivity contribution in [1.29, 1.82) is 0 Å². The Kier molecular flexibility index (Phi) is 13.9. The molecule has 0 aliphatic carbocycles. The standard InChI is InChI=1S/C42H48N6O5S/c1-48-28-45-47-42(48)54-27-35-24-38(31-20-18-29(26-49)19-21-31)53-41(52-35)34-13-9-12-33(23-34)32-11-8-10-30(22-32)25-44-39(50)16-4-2-3-5-17-40(51)46-37-15-7-6-14-36(37)43/h6-15,18-23,28,35,38,41,49H,2-5,16-17,24-27,43H2,1H3,(H,44,50)(H,46,51)/t35-,38+,41+/m1/s1. The first kappa shape index (κ1) is 38.7. The van der Waals surface area contributed by atoms with Crippen LogP contribution in [-0.2, 0) is 39.3 Å². The van der Waals surface area contributed by atoms with Gasteiger partial charge in [0, 0.05) is 44.2 Å². The Morgan fingerprint density at radius 1 is 0.852 bits per heavy atom. The van der Waals surface area contributed by atoms with Crippen LogP contribution in [-0.4, -0.2) is 43.5 Å². The van der Waals surface area contributed by atoms with Crippen LogP contribution in [0.2, 0.25) is 0 Å². The van der Waals surface area contributed by atoms with Crippen LogP contribution in [0.4, 0.5) is 11.4 Å². The highest BCUT2D eigenvalue weighted by Crippen LogP contribution is 2.40. The van der Waals surface area contributed by atoms with Gasteiger partial charge in [-0.3, -0.25) is 9.59 Å². The molecule has 0 unspecified atom stereocenters. The third-order valence-corrected chi connectivity index (χ3v) is 10.6. The van der Waals surface area contributed by atoms with Gasteiger partial charge >= 0.3 is 0 Å². The Labute approximate surface area is 320 Å². The minimum absolute atomic E-state index is 0.00811. The lowest BCUT2D eigenvalue weighted by Crippen LogP contribution is -2.31. The second kappa shape index (κ2) is 19.4. The van der Waals surface area contributed by atoms with Crippen LogP contribution < -0.4 is 16.4 Å². The average Bonchev–Trinajstić information content (AvgIpc) is 3.62. The maximum Gasteiger partial charge on any atom is 0.224 e. The van der Waals surface area contributed by atoms with Crippen molar-refractivity contribution < 1.29 is 24.2 Å². The van der Waals surface area contributed by atoms with Crippen molar-refractivity contribution in [3.05, 3.63) is 126 Å². The quantitative estimate of drug-likeness (QED) is 0.0430. The summed E-state index contributed by atoms with van der Waals surface area (Å²) in [5.74, 6) is 0.650. The van der Waals surface area contributed by atoms with E-state index in [0.717, 1.165) is 64.2 Å². The van der Waals surface area contributed by atoms with Gasteiger partial charge in [0.25, 0.3) is 0 Å². The lowest BCUT2D eigenvalue weighted by atomic mass is 9.99. The number of para-hydroxylation sites is 2. The Bertz CT molecular complexity index is 1990. The monoisotopic (exact) mass is 748 g/mol. The third kappa shape index (κ3) is 11.0. The first-order valence-electron chi connectivity index (χ1n) is 18.4. The van der Waals surface area contributed by atoms with Crippen molar-refractivity contribution >= 4 is 35.0 Å². The minimum atomic E-state index is -0.584. The predicted octanol–water partition coefficient (Wildman–Crippen LogP) is 7.49. The number of nitrogens with one attached hydrogen (secondary N) is 2. The van der Waals surface area contributed by atoms with Crippen LogP contribution in [0.3, 0.4) is 0 Å². The van der Waals surface area contributed by atoms with Gasteiger partial charge in [-0.2, -0.15) is 0 Å². The lowest BCUT2D eigenvalue weighted by Gasteiger charge is -2.36. The number of rotatable bonds is 17. The van der Waals surface area contributed by atoms with Gasteiger partial charge in [-0.1, -0.05) is 97.4 Å². The predicted molar refractivity (Wildman–Crippen MR) is 211 cm³/mol. The fourth-order valence-electron chi connectivity index (χ4n) is 6.36. The summed E-state index contributed by atoms with van der Waals surface area (Å²) in [4.78, 5) is 24.9. The van der Waals surface area contributed by atoms with Gasteiger partial charge in [-0.25, -0.2) is 0 Å². The lowest BCUT2D eigenvalue weighted by molar-refractivity contribution is -0.245. The highest BCUT2D eigenvalue weighted by atomic mass is 32.2. The topological polar surface area (TPSA) is 154 Å². The van der Waals surface area contributed by atoms with Crippen LogP contribution >= 0.6 is 11.8 Å². The van der Waals surface area contributed by atoms with Gasteiger partial charge in [-0.15, -0.1) is 10.2 Å². The van der Waals surface area contributed by atoms with Crippen molar-refractivity contribution in [2.24, 2.45) is 7.05 Å². The number of aliphatic hydroxyl groups excluding tert-OH is 1. The summed E-state index contributed by atoms with van der Waals surface area (Å²) in [6, 6.07) is 31.5. The molecule has 282 valence electrons. The van der Waals surface area contributed by atoms with Crippen molar-refractivity contribution in [3.8, 4) is 11.1 Å². The number of hydrogen-bond donors (Lipinski definition) is 4. The van der Waals surface area contributed by atoms with E-state index in [9.17, 15) is 14.7 Å². The largest absolute Gasteiger partial charge is 0.397 e. The van der Waals surface area contributed by atoms with E-state index in [1.807, 2.05) is 72.3 Å². The number of unbranched alkanes of at least 4 members (excludes halogenated alkanes) is 3. The first-order valence-corrected chi connectivity index (χ1v) is 19.4. The molecule has 12 heteroatoms. The van der Waals surface area contributed by atoms with E-state index < -0.39 is 6.29 Å². The number of aryl methyl sites for hydroxylation is 1. The molecular formula is C42H48N6O5S. The second-order valence-corrected chi connectivity index (χ2v) is 14.5. The van der Waals surface area contributed by atoms with E-state index in [1.165, 1.54) is 0 Å². The van der Waals surface area contributed by atoms with E-state index in [0.29, 0.717) is 42.9 Å². The molecule has 2 amide bonds. The van der Waals surface area contributed by atoms with Gasteiger partial charge in [0.2, 0.25) is 11.8 Å². The molecule has 2 heterocycles. The number of anilines is 2. The number of hydrogen-bond acceptors (Lipinski definition) is 9. The second-order valence-electron chi connectivity index (χ2n) is 13.5. The van der Waals surface area contributed by atoms with Crippen LogP contribution in [0, 0.1) is 0 Å². The molecule has 1 aliphatic heterocycles. The van der Waals surface area contributed by atoms with Crippen LogP contribution in [0.5, 0.6) is 0 Å². The molecule has 1 aromatic heterocycles. The number of amides is 2. The number of carbonyl (C=O) groups is 2. The molecular weight excluding hydrogens is 701 g/mol. The maximum atomic E-state index is 12.6. The third-order valence-electron chi connectivity index (χ3n) is 9.38. The number of nitrogen functional groups attached to an aromatic ring is 1. The van der Waals surface area contributed by atoms with E-state index in [2.05, 4.69) is 45.1 Å². The summed E-state index contributed by atoms with van der Waals surface area (Å²) in [6.07, 6.45) is 5.65. The van der Waals surface area contributed by atoms with E-state index in [1.54, 1.807) is 30.2 Å². The number of nitrogens with zero attached hydrogens (tertiary/aromatic N) is 3. The molecule has 0 bridgehead atoms. The smallest absolute Gasteiger partial charge is 0.224 e. The number of aromatic nitrogens is 3. The normalized spacial score (nSPS) is 16.9. The van der Waals surface area contributed by atoms with Crippen molar-refractivity contribution in [1.82, 2.24) is 20.1 Å². The summed E-state index contributed by atoms with van der Waals surface area (Å²) < 4.78 is 15.1. The molecule has 5 aromatic rings. The highest BCUT2D eigenvalue weighted by molar-refractivity contribution is 7.99. The molecule has 0 spiro atoms. The maximum absolute atomic E-state index is 12.6. The first-order chi connectivity index (χ1) is 26.3. The summed E-state index contributed by atoms with van der Waals surface area (Å²) in [5, 5.41) is 24.5. The average molecular weight is 749 g/mol. The van der Waals surface area contributed by atoms with Gasteiger partial charge in [0.15, 0.2) is 11.4 Å². The fourth-order valence-corrected chi connectivity index (χ4v) is 7.26. The molecule has 3 atom stereocenters. The summed E-state index contributed by atoms with van der Waals surface area (Å²) in [6.45, 7) is 0.428. The Morgan fingerprint density at radius 2 is 1.59 bits per heavy atom. The molecule has 0 radical (unpaired) electrons. The number of carbonyl (C=O) groups excluding carboxylic acids is 2. The minimum Gasteiger partial charge on any atom is -0.397 e. The van der Waals surface area contributed by atoms with Crippen molar-refractivity contribution in [2.75, 3.05) is 16.8 Å². The van der Waals surface area contributed by atoms with Crippen LogP contribution in [0.25, 0.3) is 11.1 Å². The SMILES string of the molecule is Cn1cnnc1SC[C@H]1C[C@@H](c2ccc(CO)cc2)O[C@@H](c2cccc(-c3cccc(CNC(=O)CCCCCCC(=O)Nc4ccccc4N)c3)c2)O1. The number of ether oxygens (including phenoxy) is 2. The number of aliphatic hydroxyl groups is 1. The fraction of sp³-hybridized carbons (Fsp3) is 0.333. The zero-order valence-corrected chi connectivity index (χ0v) is 31.3. The van der Waals surface area contributed by atoms with E-state index in [-0.39, 0.29) is 30.6 Å². The molecule has 4 aromatic carbocycles. The van der Waals surface area contributed by atoms with E-state index in [4.69, 9.17) is 15.2 Å². The Hall–Kier alpha value is -5.01. The Morgan fingerprint density at radius 3 is 2.33 bits per heavy atom. The molecule has 1 fully saturated rings. The van der Waals surface area contributed by atoms with Crippen LogP contribution in [0.1, 0.15) is 79.6 Å². The van der Waals surface area contributed by atoms with E-state index >= 15 is 0 Å². The zero-order chi connectivity index (χ0) is 37.7. The molecule has 1 saturated heterocycles. The molecule has 54 heavy (non-hydrogen) atoms. The number of thioether (sulfide) groups is 1.